The average molecular weight is 274 g/mol. The first-order valence-corrected chi connectivity index (χ1v) is 6.57. The van der Waals surface area contributed by atoms with Crippen LogP contribution in [0.25, 0.3) is 0 Å². The van der Waals surface area contributed by atoms with E-state index in [9.17, 15) is 4.79 Å². The zero-order valence-corrected chi connectivity index (χ0v) is 11.4. The summed E-state index contributed by atoms with van der Waals surface area (Å²) in [5, 5.41) is 3.08. The van der Waals surface area contributed by atoms with Gasteiger partial charge in [-0.2, -0.15) is 4.98 Å². The van der Waals surface area contributed by atoms with Gasteiger partial charge in [0.1, 0.15) is 5.75 Å². The number of aromatic nitrogens is 3. The van der Waals surface area contributed by atoms with Crippen LogP contribution in [0.15, 0.2) is 35.4 Å². The molecule has 6 heteroatoms. The van der Waals surface area contributed by atoms with Crippen molar-refractivity contribution in [2.75, 3.05) is 19.0 Å². The van der Waals surface area contributed by atoms with E-state index in [0.717, 1.165) is 37.3 Å². The maximum atomic E-state index is 11.0. The number of nitrogens with one attached hydrogen (secondary N) is 2. The zero-order valence-electron chi connectivity index (χ0n) is 11.4. The lowest BCUT2D eigenvalue weighted by Crippen LogP contribution is -2.12. The smallest absolute Gasteiger partial charge is 0.274 e. The van der Waals surface area contributed by atoms with Gasteiger partial charge in [-0.05, 0) is 31.4 Å². The molecule has 2 aromatic rings. The number of aromatic amines is 1. The molecule has 0 bridgehead atoms. The van der Waals surface area contributed by atoms with Crippen LogP contribution in [0.4, 0.5) is 5.95 Å². The highest BCUT2D eigenvalue weighted by Crippen LogP contribution is 2.16. The first-order valence-electron chi connectivity index (χ1n) is 6.57. The summed E-state index contributed by atoms with van der Waals surface area (Å²) in [6.45, 7) is 0.752. The predicted octanol–water partition coefficient (Wildman–Crippen LogP) is 1.61. The molecule has 2 N–H and O–H groups in total. The number of pyridine rings is 1. The van der Waals surface area contributed by atoms with Crippen molar-refractivity contribution < 1.29 is 4.74 Å². The van der Waals surface area contributed by atoms with Gasteiger partial charge >= 0.3 is 0 Å². The van der Waals surface area contributed by atoms with Crippen LogP contribution in [0.1, 0.15) is 18.5 Å². The Morgan fingerprint density at radius 2 is 2.25 bits per heavy atom. The second-order valence-corrected chi connectivity index (χ2v) is 4.31. The number of ether oxygens (including phenoxy) is 1. The second-order valence-electron chi connectivity index (χ2n) is 4.31. The van der Waals surface area contributed by atoms with Crippen molar-refractivity contribution in [2.24, 2.45) is 0 Å². The Bertz CT molecular complexity index is 597. The number of H-pyrrole nitrogens is 1. The van der Waals surface area contributed by atoms with E-state index in [2.05, 4.69) is 20.3 Å². The Kier molecular flexibility index (Phi) is 5.11. The molecule has 0 fully saturated rings. The van der Waals surface area contributed by atoms with Gasteiger partial charge in [-0.15, -0.1) is 0 Å². The summed E-state index contributed by atoms with van der Waals surface area (Å²) >= 11 is 0. The largest absolute Gasteiger partial charge is 0.495 e. The number of rotatable bonds is 7. The van der Waals surface area contributed by atoms with Crippen molar-refractivity contribution in [3.8, 4) is 5.75 Å². The van der Waals surface area contributed by atoms with Gasteiger partial charge in [0.15, 0.2) is 0 Å². The van der Waals surface area contributed by atoms with Gasteiger partial charge in [-0.3, -0.25) is 9.78 Å². The Balaban J connectivity index is 1.73. The summed E-state index contributed by atoms with van der Waals surface area (Å²) in [6, 6.07) is 5.17. The van der Waals surface area contributed by atoms with E-state index in [1.54, 1.807) is 19.5 Å². The van der Waals surface area contributed by atoms with Crippen molar-refractivity contribution in [1.29, 1.82) is 0 Å². The molecule has 2 rings (SSSR count). The normalized spacial score (nSPS) is 10.2. The van der Waals surface area contributed by atoms with E-state index in [1.807, 2.05) is 12.1 Å². The summed E-state index contributed by atoms with van der Waals surface area (Å²) < 4.78 is 5.26. The minimum absolute atomic E-state index is 0.246. The molecule has 6 nitrogen and oxygen atoms in total. The average Bonchev–Trinajstić information content (AvgIpc) is 2.47. The molecular weight excluding hydrogens is 256 g/mol. The van der Waals surface area contributed by atoms with E-state index in [0.29, 0.717) is 5.95 Å². The Hall–Kier alpha value is -2.37. The maximum Gasteiger partial charge on any atom is 0.274 e. The molecule has 0 spiro atoms. The summed E-state index contributed by atoms with van der Waals surface area (Å²) in [5.41, 5.74) is 0.728. The molecular formula is C14H18N4O2. The van der Waals surface area contributed by atoms with E-state index in [1.165, 1.54) is 6.07 Å². The van der Waals surface area contributed by atoms with Gasteiger partial charge in [-0.1, -0.05) is 0 Å². The van der Waals surface area contributed by atoms with Gasteiger partial charge in [0, 0.05) is 25.0 Å². The molecule has 2 heterocycles. The number of anilines is 1. The topological polar surface area (TPSA) is 79.9 Å². The molecule has 0 unspecified atom stereocenters. The molecule has 20 heavy (non-hydrogen) atoms. The quantitative estimate of drug-likeness (QED) is 0.750. The Labute approximate surface area is 117 Å². The third kappa shape index (κ3) is 4.08. The fraction of sp³-hybridized carbons (Fsp3) is 0.357. The number of aryl methyl sites for hydroxylation is 1. The standard InChI is InChI=1S/C14H18N4O2/c1-20-12-6-4-9-15-11(12)5-2-3-8-16-14-17-10-7-13(19)18-14/h4,6-7,9-10H,2-3,5,8H2,1H3,(H2,16,17,18,19). The van der Waals surface area contributed by atoms with Gasteiger partial charge in [0.05, 0.1) is 12.8 Å². The minimum atomic E-state index is -0.246. The highest BCUT2D eigenvalue weighted by atomic mass is 16.5. The van der Waals surface area contributed by atoms with Crippen LogP contribution in [0.2, 0.25) is 0 Å². The van der Waals surface area contributed by atoms with Crippen LogP contribution in [-0.2, 0) is 6.42 Å². The van der Waals surface area contributed by atoms with Crippen LogP contribution in [0, 0.1) is 0 Å². The lowest BCUT2D eigenvalue weighted by molar-refractivity contribution is 0.406. The van der Waals surface area contributed by atoms with Crippen molar-refractivity contribution >= 4 is 5.95 Å². The predicted molar refractivity (Wildman–Crippen MR) is 77.1 cm³/mol. The SMILES string of the molecule is COc1cccnc1CCCCNc1nc(=O)cc[nH]1. The molecule has 0 atom stereocenters. The Morgan fingerprint density at radius 1 is 1.35 bits per heavy atom. The number of hydrogen-bond donors (Lipinski definition) is 2. The molecule has 0 aliphatic heterocycles. The van der Waals surface area contributed by atoms with E-state index >= 15 is 0 Å². The summed E-state index contributed by atoms with van der Waals surface area (Å²) in [5.74, 6) is 1.34. The molecule has 0 aromatic carbocycles. The van der Waals surface area contributed by atoms with Gasteiger partial charge in [0.25, 0.3) is 5.56 Å². The molecule has 106 valence electrons. The highest BCUT2D eigenvalue weighted by molar-refractivity contribution is 5.26. The van der Waals surface area contributed by atoms with Crippen LogP contribution in [0.3, 0.4) is 0 Å². The second kappa shape index (κ2) is 7.28. The Morgan fingerprint density at radius 3 is 3.05 bits per heavy atom. The van der Waals surface area contributed by atoms with Crippen LogP contribution in [0.5, 0.6) is 5.75 Å². The third-order valence-corrected chi connectivity index (χ3v) is 2.87. The summed E-state index contributed by atoms with van der Waals surface area (Å²) in [4.78, 5) is 22.0. The number of methoxy groups -OCH3 is 1. The van der Waals surface area contributed by atoms with Crippen molar-refractivity contribution in [3.63, 3.8) is 0 Å². The first-order chi connectivity index (χ1) is 9.79. The fourth-order valence-electron chi connectivity index (χ4n) is 1.88. The van der Waals surface area contributed by atoms with Crippen LogP contribution < -0.4 is 15.6 Å². The summed E-state index contributed by atoms with van der Waals surface area (Å²) in [7, 11) is 1.65. The molecule has 0 saturated carbocycles. The molecule has 2 aromatic heterocycles. The minimum Gasteiger partial charge on any atom is -0.495 e. The first kappa shape index (κ1) is 14.0. The highest BCUT2D eigenvalue weighted by Gasteiger charge is 2.02. The number of hydrogen-bond acceptors (Lipinski definition) is 5. The molecule has 0 aliphatic rings. The molecule has 0 amide bonds. The lowest BCUT2D eigenvalue weighted by atomic mass is 10.1. The molecule has 0 aliphatic carbocycles. The fourth-order valence-corrected chi connectivity index (χ4v) is 1.88. The van der Waals surface area contributed by atoms with Crippen molar-refractivity contribution in [3.05, 3.63) is 46.6 Å². The van der Waals surface area contributed by atoms with Crippen molar-refractivity contribution in [2.45, 2.75) is 19.3 Å². The monoisotopic (exact) mass is 274 g/mol. The molecule has 0 saturated heterocycles. The lowest BCUT2D eigenvalue weighted by Gasteiger charge is -2.07. The van der Waals surface area contributed by atoms with Gasteiger partial charge in [0.2, 0.25) is 5.95 Å². The van der Waals surface area contributed by atoms with Gasteiger partial charge < -0.3 is 15.0 Å². The zero-order chi connectivity index (χ0) is 14.2. The number of nitrogens with zero attached hydrogens (tertiary/aromatic N) is 2. The third-order valence-electron chi connectivity index (χ3n) is 2.87. The molecule has 0 radical (unpaired) electrons. The van der Waals surface area contributed by atoms with E-state index in [-0.39, 0.29) is 5.56 Å². The van der Waals surface area contributed by atoms with Crippen LogP contribution in [-0.4, -0.2) is 28.6 Å². The van der Waals surface area contributed by atoms with E-state index in [4.69, 9.17) is 4.74 Å². The van der Waals surface area contributed by atoms with Crippen LogP contribution >= 0.6 is 0 Å². The van der Waals surface area contributed by atoms with Gasteiger partial charge in [-0.25, -0.2) is 0 Å². The maximum absolute atomic E-state index is 11.0. The number of unbranched alkanes of at least 4 members (excludes halogenated alkanes) is 1. The summed E-state index contributed by atoms with van der Waals surface area (Å²) in [6.07, 6.45) is 6.16. The van der Waals surface area contributed by atoms with Crippen molar-refractivity contribution in [1.82, 2.24) is 15.0 Å². The van der Waals surface area contributed by atoms with E-state index < -0.39 is 0 Å².